The molecule has 0 unspecified atom stereocenters. The second-order valence-electron chi connectivity index (χ2n) is 5.50. The third-order valence-corrected chi connectivity index (χ3v) is 3.53. The second-order valence-corrected chi connectivity index (χ2v) is 5.50. The van der Waals surface area contributed by atoms with E-state index >= 15 is 0 Å². The molecule has 0 bridgehead atoms. The van der Waals surface area contributed by atoms with Crippen LogP contribution in [0.5, 0.6) is 5.88 Å². The topological polar surface area (TPSA) is 80.7 Å². The predicted molar refractivity (Wildman–Crippen MR) is 102 cm³/mol. The first-order valence-corrected chi connectivity index (χ1v) is 8.81. The minimum atomic E-state index is 0.465. The first-order valence-electron chi connectivity index (χ1n) is 8.81. The maximum absolute atomic E-state index is 5.65. The van der Waals surface area contributed by atoms with Crippen LogP contribution in [0.25, 0.3) is 0 Å². The summed E-state index contributed by atoms with van der Waals surface area (Å²) in [6.45, 7) is 5.06. The number of nitrogens with one attached hydrogen (secondary N) is 2. The third kappa shape index (κ3) is 7.06. The van der Waals surface area contributed by atoms with Crippen LogP contribution in [-0.4, -0.2) is 49.3 Å². The zero-order valence-corrected chi connectivity index (χ0v) is 15.4. The first-order chi connectivity index (χ1) is 12.8. The van der Waals surface area contributed by atoms with Gasteiger partial charge in [-0.15, -0.1) is 0 Å². The van der Waals surface area contributed by atoms with Crippen LogP contribution in [-0.2, 0) is 17.7 Å². The number of guanidine groups is 1. The van der Waals surface area contributed by atoms with Crippen LogP contribution in [0.1, 0.15) is 18.2 Å². The first kappa shape index (κ1) is 19.7. The molecule has 0 atom stereocenters. The van der Waals surface area contributed by atoms with E-state index in [0.717, 1.165) is 36.7 Å². The van der Waals surface area contributed by atoms with Gasteiger partial charge >= 0.3 is 0 Å². The van der Waals surface area contributed by atoms with Crippen LogP contribution < -0.4 is 15.4 Å². The van der Waals surface area contributed by atoms with Crippen molar-refractivity contribution in [2.75, 3.05) is 33.4 Å². The van der Waals surface area contributed by atoms with E-state index < -0.39 is 0 Å². The Bertz CT molecular complexity index is 664. The van der Waals surface area contributed by atoms with Crippen LogP contribution in [0.4, 0.5) is 0 Å². The van der Waals surface area contributed by atoms with E-state index in [4.69, 9.17) is 9.47 Å². The smallest absolute Gasteiger partial charge is 0.218 e. The summed E-state index contributed by atoms with van der Waals surface area (Å²) in [7, 11) is 1.65. The van der Waals surface area contributed by atoms with Crippen LogP contribution >= 0.6 is 0 Å². The Morgan fingerprint density at radius 3 is 2.73 bits per heavy atom. The Morgan fingerprint density at radius 1 is 1.08 bits per heavy atom. The molecule has 2 heterocycles. The van der Waals surface area contributed by atoms with Crippen LogP contribution in [0.15, 0.2) is 47.7 Å². The number of aromatic nitrogens is 2. The SMILES string of the molecule is CCNC(=NCc1cccnc1OCCOC)NCCc1ccccn1. The fraction of sp³-hybridized carbons (Fsp3) is 0.421. The number of hydrogen-bond acceptors (Lipinski definition) is 5. The van der Waals surface area contributed by atoms with Crippen LogP contribution in [0.3, 0.4) is 0 Å². The molecule has 0 amide bonds. The van der Waals surface area contributed by atoms with Gasteiger partial charge in [0.05, 0.1) is 13.2 Å². The van der Waals surface area contributed by atoms with E-state index in [0.29, 0.717) is 25.6 Å². The monoisotopic (exact) mass is 357 g/mol. The molecule has 0 spiro atoms. The highest BCUT2D eigenvalue weighted by Crippen LogP contribution is 2.15. The van der Waals surface area contributed by atoms with Crippen molar-refractivity contribution < 1.29 is 9.47 Å². The highest BCUT2D eigenvalue weighted by atomic mass is 16.5. The molecule has 0 saturated carbocycles. The third-order valence-electron chi connectivity index (χ3n) is 3.53. The van der Waals surface area contributed by atoms with E-state index in [1.807, 2.05) is 43.5 Å². The summed E-state index contributed by atoms with van der Waals surface area (Å²) in [6, 6.07) is 9.79. The average molecular weight is 357 g/mol. The highest BCUT2D eigenvalue weighted by molar-refractivity contribution is 5.79. The van der Waals surface area contributed by atoms with Crippen molar-refractivity contribution >= 4 is 5.96 Å². The number of nitrogens with zero attached hydrogens (tertiary/aromatic N) is 3. The molecule has 2 aromatic rings. The molecule has 0 aliphatic carbocycles. The lowest BCUT2D eigenvalue weighted by molar-refractivity contribution is 0.143. The van der Waals surface area contributed by atoms with Gasteiger partial charge < -0.3 is 20.1 Å². The molecular formula is C19H27N5O2. The molecule has 0 aliphatic rings. The number of hydrogen-bond donors (Lipinski definition) is 2. The van der Waals surface area contributed by atoms with Crippen LogP contribution in [0, 0.1) is 0 Å². The fourth-order valence-electron chi connectivity index (χ4n) is 2.26. The highest BCUT2D eigenvalue weighted by Gasteiger charge is 2.05. The summed E-state index contributed by atoms with van der Waals surface area (Å²) >= 11 is 0. The van der Waals surface area contributed by atoms with Crippen molar-refractivity contribution in [3.63, 3.8) is 0 Å². The largest absolute Gasteiger partial charge is 0.475 e. The van der Waals surface area contributed by atoms with E-state index in [-0.39, 0.29) is 0 Å². The number of methoxy groups -OCH3 is 1. The molecule has 0 saturated heterocycles. The number of aliphatic imine (C=N–C) groups is 1. The van der Waals surface area contributed by atoms with Gasteiger partial charge in [0, 0.05) is 50.3 Å². The summed E-state index contributed by atoms with van der Waals surface area (Å²) < 4.78 is 10.7. The number of ether oxygens (including phenoxy) is 2. The Labute approximate surface area is 154 Å². The van der Waals surface area contributed by atoms with Gasteiger partial charge in [0.2, 0.25) is 5.88 Å². The van der Waals surface area contributed by atoms with E-state index in [2.05, 4.69) is 25.6 Å². The standard InChI is InChI=1S/C19H27N5O2/c1-3-20-19(23-12-9-17-8-4-5-10-21-17)24-15-16-7-6-11-22-18(16)26-14-13-25-2/h4-8,10-11H,3,9,12-15H2,1-2H3,(H2,20,23,24). The van der Waals surface area contributed by atoms with Gasteiger partial charge in [-0.25, -0.2) is 9.98 Å². The van der Waals surface area contributed by atoms with E-state index in [1.165, 1.54) is 0 Å². The Hall–Kier alpha value is -2.67. The minimum Gasteiger partial charge on any atom is -0.475 e. The molecule has 140 valence electrons. The lowest BCUT2D eigenvalue weighted by atomic mass is 10.2. The molecule has 26 heavy (non-hydrogen) atoms. The summed E-state index contributed by atoms with van der Waals surface area (Å²) in [5.74, 6) is 1.35. The van der Waals surface area contributed by atoms with Gasteiger partial charge in [0.1, 0.15) is 6.61 Å². The van der Waals surface area contributed by atoms with Gasteiger partial charge in [0.25, 0.3) is 0 Å². The van der Waals surface area contributed by atoms with Gasteiger partial charge in [-0.3, -0.25) is 4.98 Å². The summed E-state index contributed by atoms with van der Waals surface area (Å²) in [4.78, 5) is 13.2. The van der Waals surface area contributed by atoms with Crippen molar-refractivity contribution in [1.82, 2.24) is 20.6 Å². The number of rotatable bonds is 10. The predicted octanol–water partition coefficient (Wildman–Crippen LogP) is 1.80. The number of pyridine rings is 2. The van der Waals surface area contributed by atoms with Crippen LogP contribution in [0.2, 0.25) is 0 Å². The van der Waals surface area contributed by atoms with Gasteiger partial charge in [-0.05, 0) is 25.1 Å². The summed E-state index contributed by atoms with van der Waals surface area (Å²) in [5, 5.41) is 6.58. The van der Waals surface area contributed by atoms with Crippen molar-refractivity contribution in [1.29, 1.82) is 0 Å². The molecule has 0 fully saturated rings. The molecule has 0 aromatic carbocycles. The Morgan fingerprint density at radius 2 is 1.96 bits per heavy atom. The van der Waals surface area contributed by atoms with Crippen molar-refractivity contribution in [2.45, 2.75) is 19.9 Å². The van der Waals surface area contributed by atoms with Gasteiger partial charge in [-0.1, -0.05) is 12.1 Å². The zero-order chi connectivity index (χ0) is 18.5. The molecular weight excluding hydrogens is 330 g/mol. The lowest BCUT2D eigenvalue weighted by Gasteiger charge is -2.12. The van der Waals surface area contributed by atoms with Gasteiger partial charge in [-0.2, -0.15) is 0 Å². The van der Waals surface area contributed by atoms with Crippen molar-refractivity contribution in [2.24, 2.45) is 4.99 Å². The molecule has 0 aliphatic heterocycles. The molecule has 7 heteroatoms. The average Bonchev–Trinajstić information content (AvgIpc) is 2.68. The Balaban J connectivity index is 1.91. The zero-order valence-electron chi connectivity index (χ0n) is 15.4. The summed E-state index contributed by atoms with van der Waals surface area (Å²) in [6.07, 6.45) is 4.36. The van der Waals surface area contributed by atoms with E-state index in [9.17, 15) is 0 Å². The summed E-state index contributed by atoms with van der Waals surface area (Å²) in [5.41, 5.74) is 1.99. The minimum absolute atomic E-state index is 0.465. The molecule has 2 aromatic heterocycles. The second kappa shape index (κ2) is 11.8. The quantitative estimate of drug-likeness (QED) is 0.383. The van der Waals surface area contributed by atoms with E-state index in [1.54, 1.807) is 13.3 Å². The molecule has 2 rings (SSSR count). The lowest BCUT2D eigenvalue weighted by Crippen LogP contribution is -2.38. The normalized spacial score (nSPS) is 11.2. The molecule has 2 N–H and O–H groups in total. The van der Waals surface area contributed by atoms with Crippen molar-refractivity contribution in [3.05, 3.63) is 54.0 Å². The Kier molecular flexibility index (Phi) is 8.93. The van der Waals surface area contributed by atoms with Crippen molar-refractivity contribution in [3.8, 4) is 5.88 Å². The fourth-order valence-corrected chi connectivity index (χ4v) is 2.26. The maximum atomic E-state index is 5.65. The van der Waals surface area contributed by atoms with Gasteiger partial charge in [0.15, 0.2) is 5.96 Å². The molecule has 7 nitrogen and oxygen atoms in total. The maximum Gasteiger partial charge on any atom is 0.218 e. The molecule has 0 radical (unpaired) electrons.